The molecule has 1 aliphatic rings. The van der Waals surface area contributed by atoms with E-state index in [9.17, 15) is 4.79 Å². The number of nitrogens with zero attached hydrogens (tertiary/aromatic N) is 5. The van der Waals surface area contributed by atoms with Crippen LogP contribution in [0.5, 0.6) is 0 Å². The normalized spacial score (nSPS) is 13.3. The maximum absolute atomic E-state index is 12.7. The van der Waals surface area contributed by atoms with Crippen LogP contribution in [-0.4, -0.2) is 43.3 Å². The summed E-state index contributed by atoms with van der Waals surface area (Å²) in [4.78, 5) is 24.1. The molecule has 8 nitrogen and oxygen atoms in total. The summed E-state index contributed by atoms with van der Waals surface area (Å²) in [5.74, 6) is 1.43. The molecule has 1 aromatic carbocycles. The van der Waals surface area contributed by atoms with Crippen LogP contribution in [0.2, 0.25) is 0 Å². The van der Waals surface area contributed by atoms with Crippen LogP contribution in [0, 0.1) is 0 Å². The number of anilines is 2. The van der Waals surface area contributed by atoms with Crippen molar-refractivity contribution in [2.24, 2.45) is 7.05 Å². The van der Waals surface area contributed by atoms with Crippen LogP contribution in [-0.2, 0) is 20.0 Å². The van der Waals surface area contributed by atoms with Crippen LogP contribution in [0.4, 0.5) is 16.3 Å². The molecule has 0 atom stereocenters. The predicted octanol–water partition coefficient (Wildman–Crippen LogP) is 3.29. The van der Waals surface area contributed by atoms with Gasteiger partial charge in [0, 0.05) is 43.5 Å². The molecule has 0 bridgehead atoms. The van der Waals surface area contributed by atoms with Crippen molar-refractivity contribution >= 4 is 17.5 Å². The average molecular weight is 391 g/mol. The van der Waals surface area contributed by atoms with Crippen molar-refractivity contribution in [3.8, 4) is 11.4 Å². The van der Waals surface area contributed by atoms with Gasteiger partial charge >= 0.3 is 6.03 Å². The van der Waals surface area contributed by atoms with Crippen molar-refractivity contribution in [2.45, 2.75) is 32.9 Å². The van der Waals surface area contributed by atoms with Crippen molar-refractivity contribution in [1.29, 1.82) is 0 Å². The first-order valence-electron chi connectivity index (χ1n) is 9.76. The molecule has 2 N–H and O–H groups in total. The third-order valence-corrected chi connectivity index (χ3v) is 4.76. The Morgan fingerprint density at radius 2 is 1.97 bits per heavy atom. The van der Waals surface area contributed by atoms with Gasteiger partial charge in [-0.2, -0.15) is 5.10 Å². The molecule has 4 rings (SSSR count). The molecule has 3 heterocycles. The van der Waals surface area contributed by atoms with E-state index in [1.54, 1.807) is 15.8 Å². The topological polar surface area (TPSA) is 88.0 Å². The average Bonchev–Trinajstić information content (AvgIpc) is 3.14. The van der Waals surface area contributed by atoms with E-state index in [1.807, 2.05) is 43.6 Å². The molecule has 2 aromatic heterocycles. The summed E-state index contributed by atoms with van der Waals surface area (Å²) in [6.45, 7) is 5.22. The Labute approximate surface area is 170 Å². The molecule has 29 heavy (non-hydrogen) atoms. The molecule has 8 heteroatoms. The quantitative estimate of drug-likeness (QED) is 0.713. The molecule has 0 fully saturated rings. The first-order chi connectivity index (χ1) is 14.0. The minimum atomic E-state index is -0.117. The fourth-order valence-corrected chi connectivity index (χ4v) is 3.37. The van der Waals surface area contributed by atoms with E-state index in [2.05, 4.69) is 29.6 Å². The summed E-state index contributed by atoms with van der Waals surface area (Å²) in [7, 11) is 1.87. The third kappa shape index (κ3) is 4.21. The zero-order chi connectivity index (χ0) is 20.4. The van der Waals surface area contributed by atoms with E-state index in [0.717, 1.165) is 28.3 Å². The maximum Gasteiger partial charge on any atom is 0.322 e. The zero-order valence-electron chi connectivity index (χ0n) is 16.9. The van der Waals surface area contributed by atoms with Gasteiger partial charge in [-0.25, -0.2) is 14.8 Å². The number of aryl methyl sites for hydroxylation is 1. The van der Waals surface area contributed by atoms with Crippen molar-refractivity contribution in [2.75, 3.05) is 17.2 Å². The minimum Gasteiger partial charge on any atom is -0.367 e. The van der Waals surface area contributed by atoms with Crippen LogP contribution in [0.15, 0.2) is 42.7 Å². The molecule has 2 amide bonds. The second kappa shape index (κ2) is 7.90. The minimum absolute atomic E-state index is 0.117. The monoisotopic (exact) mass is 391 g/mol. The van der Waals surface area contributed by atoms with Crippen molar-refractivity contribution in [3.05, 3.63) is 54.0 Å². The Hall–Kier alpha value is -3.42. The number of nitrogens with one attached hydrogen (secondary N) is 2. The van der Waals surface area contributed by atoms with Crippen LogP contribution in [0.3, 0.4) is 0 Å². The number of urea groups is 1. The van der Waals surface area contributed by atoms with Gasteiger partial charge in [-0.05, 0) is 26.0 Å². The lowest BCUT2D eigenvalue weighted by Crippen LogP contribution is -2.39. The highest BCUT2D eigenvalue weighted by Gasteiger charge is 2.26. The number of benzene rings is 1. The van der Waals surface area contributed by atoms with Gasteiger partial charge in [0.1, 0.15) is 5.82 Å². The van der Waals surface area contributed by atoms with Gasteiger partial charge in [0.05, 0.1) is 24.0 Å². The smallest absolute Gasteiger partial charge is 0.322 e. The van der Waals surface area contributed by atoms with E-state index in [-0.39, 0.29) is 12.1 Å². The fraction of sp³-hybridized carbons (Fsp3) is 0.333. The molecule has 0 aliphatic carbocycles. The summed E-state index contributed by atoms with van der Waals surface area (Å²) >= 11 is 0. The molecule has 0 unspecified atom stereocenters. The fourth-order valence-electron chi connectivity index (χ4n) is 3.37. The molecular formula is C21H25N7O. The molecule has 3 aromatic rings. The highest BCUT2D eigenvalue weighted by atomic mass is 16.2. The Morgan fingerprint density at radius 1 is 1.17 bits per heavy atom. The number of rotatable bonds is 4. The number of aromatic nitrogens is 4. The highest BCUT2D eigenvalue weighted by Crippen LogP contribution is 2.28. The van der Waals surface area contributed by atoms with Crippen LogP contribution >= 0.6 is 0 Å². The summed E-state index contributed by atoms with van der Waals surface area (Å²) in [5.41, 5.74) is 3.62. The molecule has 0 saturated heterocycles. The van der Waals surface area contributed by atoms with Gasteiger partial charge < -0.3 is 15.5 Å². The summed E-state index contributed by atoms with van der Waals surface area (Å²) in [5, 5.41) is 10.6. The van der Waals surface area contributed by atoms with Crippen LogP contribution in [0.25, 0.3) is 11.4 Å². The maximum atomic E-state index is 12.7. The molecule has 150 valence electrons. The number of para-hydroxylation sites is 1. The van der Waals surface area contributed by atoms with Crippen LogP contribution < -0.4 is 10.6 Å². The first-order valence-corrected chi connectivity index (χ1v) is 9.76. The number of hydrogen-bond acceptors (Lipinski definition) is 5. The Bertz CT molecular complexity index is 1010. The molecule has 0 radical (unpaired) electrons. The summed E-state index contributed by atoms with van der Waals surface area (Å²) < 4.78 is 1.74. The standard InChI is InChI=1S/C21H25N7O/c1-14(2)23-20-17-13-28(21(29)24-16-7-5-4-6-8-16)10-9-18(17)25-19(26-20)15-11-22-27(3)12-15/h4-8,11-12,14H,9-10,13H2,1-3H3,(H,24,29)(H,23,25,26). The van der Waals surface area contributed by atoms with Gasteiger partial charge in [-0.3, -0.25) is 4.68 Å². The SMILES string of the molecule is CC(C)Nc1nc(-c2cnn(C)c2)nc2c1CN(C(=O)Nc1ccccc1)CC2. The van der Waals surface area contributed by atoms with E-state index >= 15 is 0 Å². The molecule has 1 aliphatic heterocycles. The van der Waals surface area contributed by atoms with Crippen molar-refractivity contribution in [3.63, 3.8) is 0 Å². The van der Waals surface area contributed by atoms with Gasteiger partial charge in [0.2, 0.25) is 0 Å². The summed E-state index contributed by atoms with van der Waals surface area (Å²) in [6, 6.07) is 9.58. The van der Waals surface area contributed by atoms with Gasteiger partial charge in [0.25, 0.3) is 0 Å². The number of carbonyl (C=O) groups excluding carboxylic acids is 1. The zero-order valence-corrected chi connectivity index (χ0v) is 16.9. The van der Waals surface area contributed by atoms with Crippen molar-refractivity contribution < 1.29 is 4.79 Å². The molecular weight excluding hydrogens is 366 g/mol. The Balaban J connectivity index is 1.61. The predicted molar refractivity (Wildman–Crippen MR) is 113 cm³/mol. The second-order valence-corrected chi connectivity index (χ2v) is 7.49. The number of hydrogen-bond donors (Lipinski definition) is 2. The van der Waals surface area contributed by atoms with Gasteiger partial charge in [-0.15, -0.1) is 0 Å². The number of carbonyl (C=O) groups is 1. The van der Waals surface area contributed by atoms with Gasteiger partial charge in [-0.1, -0.05) is 18.2 Å². The van der Waals surface area contributed by atoms with Crippen molar-refractivity contribution in [1.82, 2.24) is 24.6 Å². The number of amides is 2. The lowest BCUT2D eigenvalue weighted by atomic mass is 10.1. The van der Waals surface area contributed by atoms with E-state index in [1.165, 1.54) is 0 Å². The second-order valence-electron chi connectivity index (χ2n) is 7.49. The largest absolute Gasteiger partial charge is 0.367 e. The van der Waals surface area contributed by atoms with E-state index < -0.39 is 0 Å². The first kappa shape index (κ1) is 18.9. The van der Waals surface area contributed by atoms with Crippen LogP contribution in [0.1, 0.15) is 25.1 Å². The third-order valence-electron chi connectivity index (χ3n) is 4.76. The lowest BCUT2D eigenvalue weighted by Gasteiger charge is -2.30. The molecule has 0 spiro atoms. The Kier molecular flexibility index (Phi) is 5.16. The van der Waals surface area contributed by atoms with Gasteiger partial charge in [0.15, 0.2) is 5.82 Å². The lowest BCUT2D eigenvalue weighted by molar-refractivity contribution is 0.206. The van der Waals surface area contributed by atoms with E-state index in [4.69, 9.17) is 9.97 Å². The molecule has 0 saturated carbocycles. The highest BCUT2D eigenvalue weighted by molar-refractivity contribution is 5.89. The summed E-state index contributed by atoms with van der Waals surface area (Å²) in [6.07, 6.45) is 4.35. The van der Waals surface area contributed by atoms with E-state index in [0.29, 0.717) is 25.3 Å². The Morgan fingerprint density at radius 3 is 2.66 bits per heavy atom. The number of fused-ring (bicyclic) bond motifs is 1.